The number of aromatic amines is 1. The minimum atomic E-state index is -0.252. The Labute approximate surface area is 170 Å². The second-order valence-corrected chi connectivity index (χ2v) is 7.45. The molecule has 2 aromatic carbocycles. The van der Waals surface area contributed by atoms with Crippen molar-refractivity contribution in [3.8, 4) is 11.5 Å². The molecule has 0 spiro atoms. The number of para-hydroxylation sites is 1. The van der Waals surface area contributed by atoms with Gasteiger partial charge in [-0.1, -0.05) is 38.1 Å². The molecule has 5 nitrogen and oxygen atoms in total. The van der Waals surface area contributed by atoms with Crippen LogP contribution in [0.4, 0.5) is 0 Å². The van der Waals surface area contributed by atoms with Gasteiger partial charge in [-0.3, -0.25) is 9.59 Å². The van der Waals surface area contributed by atoms with E-state index >= 15 is 0 Å². The fourth-order valence-electron chi connectivity index (χ4n) is 3.23. The Morgan fingerprint density at radius 3 is 2.45 bits per heavy atom. The van der Waals surface area contributed by atoms with Crippen LogP contribution < -0.4 is 15.6 Å². The Kier molecular flexibility index (Phi) is 6.17. The summed E-state index contributed by atoms with van der Waals surface area (Å²) in [6.07, 6.45) is 0. The van der Waals surface area contributed by atoms with Crippen LogP contribution in [0.2, 0.25) is 0 Å². The van der Waals surface area contributed by atoms with Crippen LogP contribution in [0, 0.1) is 13.8 Å². The first-order valence-corrected chi connectivity index (χ1v) is 9.69. The summed E-state index contributed by atoms with van der Waals surface area (Å²) in [7, 11) is 0. The van der Waals surface area contributed by atoms with E-state index in [4.69, 9.17) is 4.74 Å². The van der Waals surface area contributed by atoms with E-state index in [1.165, 1.54) is 0 Å². The van der Waals surface area contributed by atoms with Gasteiger partial charge >= 0.3 is 0 Å². The molecule has 0 aliphatic heterocycles. The van der Waals surface area contributed by atoms with E-state index in [0.717, 1.165) is 16.8 Å². The number of carbonyl (C=O) groups excluding carboxylic acids is 1. The summed E-state index contributed by atoms with van der Waals surface area (Å²) in [5, 5.41) is 2.84. The van der Waals surface area contributed by atoms with Crippen molar-refractivity contribution >= 4 is 5.91 Å². The van der Waals surface area contributed by atoms with E-state index < -0.39 is 0 Å². The van der Waals surface area contributed by atoms with Crippen LogP contribution in [0.3, 0.4) is 0 Å². The summed E-state index contributed by atoms with van der Waals surface area (Å²) in [4.78, 5) is 27.6. The molecule has 0 saturated carbocycles. The van der Waals surface area contributed by atoms with E-state index in [0.29, 0.717) is 22.6 Å². The van der Waals surface area contributed by atoms with Gasteiger partial charge in [0.05, 0.1) is 0 Å². The summed E-state index contributed by atoms with van der Waals surface area (Å²) in [6, 6.07) is 16.8. The van der Waals surface area contributed by atoms with Gasteiger partial charge in [-0.2, -0.15) is 0 Å². The summed E-state index contributed by atoms with van der Waals surface area (Å²) < 4.78 is 6.04. The van der Waals surface area contributed by atoms with Crippen molar-refractivity contribution in [3.05, 3.63) is 92.9 Å². The summed E-state index contributed by atoms with van der Waals surface area (Å²) in [6.45, 7) is 8.04. The van der Waals surface area contributed by atoms with Gasteiger partial charge < -0.3 is 15.0 Å². The van der Waals surface area contributed by atoms with Crippen LogP contribution in [0.5, 0.6) is 11.5 Å². The minimum absolute atomic E-state index is 0.168. The highest BCUT2D eigenvalue weighted by Gasteiger charge is 2.15. The monoisotopic (exact) mass is 390 g/mol. The van der Waals surface area contributed by atoms with Gasteiger partial charge in [0.25, 0.3) is 11.5 Å². The van der Waals surface area contributed by atoms with Crippen molar-refractivity contribution in [3.63, 3.8) is 0 Å². The van der Waals surface area contributed by atoms with Crippen LogP contribution in [0.15, 0.2) is 59.4 Å². The van der Waals surface area contributed by atoms with Gasteiger partial charge in [0, 0.05) is 23.4 Å². The Morgan fingerprint density at radius 1 is 1.07 bits per heavy atom. The molecule has 0 saturated heterocycles. The molecule has 3 aromatic rings. The number of hydrogen-bond acceptors (Lipinski definition) is 3. The maximum absolute atomic E-state index is 12.7. The van der Waals surface area contributed by atoms with Gasteiger partial charge in [-0.25, -0.2) is 0 Å². The number of hydrogen-bond donors (Lipinski definition) is 2. The van der Waals surface area contributed by atoms with Gasteiger partial charge in [-0.15, -0.1) is 0 Å². The van der Waals surface area contributed by atoms with Gasteiger partial charge in [0.15, 0.2) is 0 Å². The van der Waals surface area contributed by atoms with E-state index in [9.17, 15) is 9.59 Å². The molecule has 1 amide bonds. The largest absolute Gasteiger partial charge is 0.457 e. The van der Waals surface area contributed by atoms with Crippen molar-refractivity contribution in [2.45, 2.75) is 40.2 Å². The van der Waals surface area contributed by atoms with E-state index in [2.05, 4.69) is 24.1 Å². The van der Waals surface area contributed by atoms with Crippen molar-refractivity contribution < 1.29 is 9.53 Å². The molecule has 150 valence electrons. The predicted molar refractivity (Wildman–Crippen MR) is 115 cm³/mol. The number of aromatic nitrogens is 1. The number of aryl methyl sites for hydroxylation is 2. The average Bonchev–Trinajstić information content (AvgIpc) is 2.67. The normalized spacial score (nSPS) is 10.8. The first-order chi connectivity index (χ1) is 13.8. The molecule has 3 rings (SSSR count). The Bertz CT molecular complexity index is 1070. The second kappa shape index (κ2) is 8.78. The van der Waals surface area contributed by atoms with Crippen LogP contribution in [0.25, 0.3) is 0 Å². The molecule has 2 N–H and O–H groups in total. The number of rotatable bonds is 6. The second-order valence-electron chi connectivity index (χ2n) is 7.45. The lowest BCUT2D eigenvalue weighted by atomic mass is 10.00. The third-order valence-electron chi connectivity index (χ3n) is 4.79. The van der Waals surface area contributed by atoms with Crippen LogP contribution in [-0.4, -0.2) is 10.9 Å². The smallest absolute Gasteiger partial charge is 0.253 e. The highest BCUT2D eigenvalue weighted by atomic mass is 16.5. The Morgan fingerprint density at radius 2 is 1.79 bits per heavy atom. The van der Waals surface area contributed by atoms with Gasteiger partial charge in [-0.05, 0) is 61.2 Å². The molecule has 1 heterocycles. The lowest BCUT2D eigenvalue weighted by Crippen LogP contribution is -2.28. The summed E-state index contributed by atoms with van der Waals surface area (Å²) in [5.41, 5.74) is 3.55. The molecule has 0 aliphatic carbocycles. The van der Waals surface area contributed by atoms with Gasteiger partial charge in [0.2, 0.25) is 0 Å². The molecule has 0 aliphatic rings. The highest BCUT2D eigenvalue weighted by Crippen LogP contribution is 2.31. The molecular formula is C24H26N2O3. The first kappa shape index (κ1) is 20.4. The molecule has 0 radical (unpaired) electrons. The predicted octanol–water partition coefficient (Wildman–Crippen LogP) is 4.84. The third kappa shape index (κ3) is 4.93. The quantitative estimate of drug-likeness (QED) is 0.633. The molecule has 1 aromatic heterocycles. The third-order valence-corrected chi connectivity index (χ3v) is 4.79. The maximum Gasteiger partial charge on any atom is 0.253 e. The first-order valence-electron chi connectivity index (χ1n) is 9.69. The number of nitrogens with one attached hydrogen (secondary N) is 2. The number of benzene rings is 2. The topological polar surface area (TPSA) is 71.2 Å². The number of ether oxygens (including phenoxy) is 1. The van der Waals surface area contributed by atoms with Crippen molar-refractivity contribution in [2.75, 3.05) is 0 Å². The lowest BCUT2D eigenvalue weighted by Gasteiger charge is -2.15. The standard InChI is InChI=1S/C24H26N2O3/c1-15(2)20-11-10-18(13-22(20)29-19-8-6-5-7-9-19)23(27)25-14-21-16(3)12-17(4)26-24(21)28/h5-13,15H,14H2,1-4H3,(H,25,27)(H,26,28). The summed E-state index contributed by atoms with van der Waals surface area (Å²) in [5.74, 6) is 1.37. The van der Waals surface area contributed by atoms with Crippen LogP contribution in [0.1, 0.15) is 52.5 Å². The SMILES string of the molecule is Cc1cc(C)c(CNC(=O)c2ccc(C(C)C)c(Oc3ccccc3)c2)c(=O)[nH]1. The average molecular weight is 390 g/mol. The van der Waals surface area contributed by atoms with Crippen molar-refractivity contribution in [1.82, 2.24) is 10.3 Å². The lowest BCUT2D eigenvalue weighted by molar-refractivity contribution is 0.0950. The molecular weight excluding hydrogens is 364 g/mol. The zero-order valence-electron chi connectivity index (χ0n) is 17.2. The summed E-state index contributed by atoms with van der Waals surface area (Å²) >= 11 is 0. The molecule has 0 bridgehead atoms. The van der Waals surface area contributed by atoms with Crippen molar-refractivity contribution in [2.24, 2.45) is 0 Å². The molecule has 0 unspecified atom stereocenters. The fraction of sp³-hybridized carbons (Fsp3) is 0.250. The number of H-pyrrole nitrogens is 1. The number of amides is 1. The minimum Gasteiger partial charge on any atom is -0.457 e. The number of carbonyl (C=O) groups is 1. The van der Waals surface area contributed by atoms with E-state index in [-0.39, 0.29) is 23.9 Å². The molecule has 0 atom stereocenters. The Hall–Kier alpha value is -3.34. The zero-order chi connectivity index (χ0) is 21.0. The van der Waals surface area contributed by atoms with Gasteiger partial charge in [0.1, 0.15) is 11.5 Å². The number of pyridine rings is 1. The fourth-order valence-corrected chi connectivity index (χ4v) is 3.23. The van der Waals surface area contributed by atoms with E-state index in [1.54, 1.807) is 12.1 Å². The molecule has 0 fully saturated rings. The zero-order valence-corrected chi connectivity index (χ0v) is 17.2. The van der Waals surface area contributed by atoms with Crippen molar-refractivity contribution in [1.29, 1.82) is 0 Å². The Balaban J connectivity index is 1.82. The van der Waals surface area contributed by atoms with Crippen LogP contribution >= 0.6 is 0 Å². The highest BCUT2D eigenvalue weighted by molar-refractivity contribution is 5.94. The molecule has 5 heteroatoms. The van der Waals surface area contributed by atoms with Crippen LogP contribution in [-0.2, 0) is 6.54 Å². The maximum atomic E-state index is 12.7. The van der Waals surface area contributed by atoms with E-state index in [1.807, 2.05) is 56.3 Å². The molecule has 29 heavy (non-hydrogen) atoms.